The van der Waals surface area contributed by atoms with Gasteiger partial charge in [-0.1, -0.05) is 164 Å². The normalized spacial score (nSPS) is 14.2. The van der Waals surface area contributed by atoms with E-state index in [1.165, 1.54) is 43.7 Å². The van der Waals surface area contributed by atoms with Crippen molar-refractivity contribution in [3.05, 3.63) is 211 Å². The maximum atomic E-state index is 5.16. The van der Waals surface area contributed by atoms with Crippen LogP contribution in [0.25, 0.3) is 60.5 Å². The molecule has 53 heavy (non-hydrogen) atoms. The molecule has 0 amide bonds. The number of nitrogens with zero attached hydrogens (tertiary/aromatic N) is 3. The number of benzene rings is 8. The molecule has 1 aliphatic heterocycles. The van der Waals surface area contributed by atoms with Gasteiger partial charge in [-0.2, -0.15) is 0 Å². The highest BCUT2D eigenvalue weighted by Crippen LogP contribution is 2.36. The Kier molecular flexibility index (Phi) is 7.51. The lowest BCUT2D eigenvalue weighted by Gasteiger charge is -2.22. The number of amidine groups is 2. The van der Waals surface area contributed by atoms with E-state index in [1.54, 1.807) is 0 Å². The molecule has 2 heterocycles. The third-order valence-corrected chi connectivity index (χ3v) is 10.2. The van der Waals surface area contributed by atoms with Gasteiger partial charge >= 0.3 is 0 Å². The van der Waals surface area contributed by atoms with E-state index in [4.69, 9.17) is 9.98 Å². The molecule has 0 radical (unpaired) electrons. The average Bonchev–Trinajstić information content (AvgIpc) is 3.58. The predicted molar refractivity (Wildman–Crippen MR) is 221 cm³/mol. The van der Waals surface area contributed by atoms with Crippen molar-refractivity contribution in [1.29, 1.82) is 0 Å². The van der Waals surface area contributed by atoms with Crippen LogP contribution < -0.4 is 5.32 Å². The zero-order chi connectivity index (χ0) is 35.1. The molecular formula is C49H34N4. The predicted octanol–water partition coefficient (Wildman–Crippen LogP) is 11.8. The lowest BCUT2D eigenvalue weighted by molar-refractivity contribution is 0.756. The second-order valence-corrected chi connectivity index (χ2v) is 13.5. The van der Waals surface area contributed by atoms with Gasteiger partial charge in [-0.05, 0) is 68.9 Å². The van der Waals surface area contributed by atoms with Crippen LogP contribution in [-0.4, -0.2) is 16.2 Å². The minimum atomic E-state index is -0.385. The molecule has 9 aromatic rings. The maximum Gasteiger partial charge on any atom is 0.169 e. The number of aliphatic imine (C=N–C) groups is 2. The molecule has 4 nitrogen and oxygen atoms in total. The Labute approximate surface area is 308 Å². The number of aromatic nitrogens is 1. The van der Waals surface area contributed by atoms with Gasteiger partial charge in [0.1, 0.15) is 11.7 Å². The van der Waals surface area contributed by atoms with Crippen LogP contribution in [0.4, 0.5) is 0 Å². The molecule has 1 atom stereocenters. The van der Waals surface area contributed by atoms with E-state index in [9.17, 15) is 0 Å². The standard InChI is InChI=1S/C49H34N4/c1-3-12-33(13-4-1)40-28-29-44-43-20-9-10-21-45(43)53(46(44)32-40)42-19-11-18-39(31-42)35-22-25-37(26-23-35)48-50-47(36-15-5-2-6-16-36)51-49(52-48)41-27-24-34-14-7-8-17-38(34)30-41/h1-32,48H,(H,50,51,52). The van der Waals surface area contributed by atoms with Crippen molar-refractivity contribution in [2.45, 2.75) is 6.17 Å². The van der Waals surface area contributed by atoms with Crippen LogP contribution in [0, 0.1) is 0 Å². The summed E-state index contributed by atoms with van der Waals surface area (Å²) in [6, 6.07) is 68.9. The number of rotatable bonds is 6. The summed E-state index contributed by atoms with van der Waals surface area (Å²) < 4.78 is 2.40. The average molecular weight is 679 g/mol. The van der Waals surface area contributed by atoms with Crippen LogP contribution >= 0.6 is 0 Å². The van der Waals surface area contributed by atoms with Gasteiger partial charge in [0, 0.05) is 27.6 Å². The molecule has 0 bridgehead atoms. The van der Waals surface area contributed by atoms with Crippen molar-refractivity contribution in [2.75, 3.05) is 0 Å². The molecule has 1 aromatic heterocycles. The van der Waals surface area contributed by atoms with Crippen LogP contribution in [-0.2, 0) is 0 Å². The van der Waals surface area contributed by atoms with Gasteiger partial charge in [0.05, 0.1) is 11.0 Å². The van der Waals surface area contributed by atoms with Crippen molar-refractivity contribution >= 4 is 44.2 Å². The SMILES string of the molecule is c1ccc(C2=NC(c3ccc(-c4cccc(-n5c6ccccc6c6ccc(-c7ccccc7)cc65)c4)cc3)N=C(c3ccc4ccccc4c3)N2)cc1. The maximum absolute atomic E-state index is 5.16. The molecule has 4 heteroatoms. The van der Waals surface area contributed by atoms with Crippen LogP contribution in [0.2, 0.25) is 0 Å². The minimum absolute atomic E-state index is 0.385. The van der Waals surface area contributed by atoms with E-state index in [0.717, 1.165) is 45.2 Å². The number of hydrogen-bond donors (Lipinski definition) is 1. The zero-order valence-corrected chi connectivity index (χ0v) is 28.9. The van der Waals surface area contributed by atoms with Gasteiger partial charge in [-0.25, -0.2) is 9.98 Å². The molecule has 250 valence electrons. The number of fused-ring (bicyclic) bond motifs is 4. The first-order valence-corrected chi connectivity index (χ1v) is 18.0. The summed E-state index contributed by atoms with van der Waals surface area (Å²) in [5.41, 5.74) is 11.3. The van der Waals surface area contributed by atoms with Crippen LogP contribution in [0.15, 0.2) is 204 Å². The van der Waals surface area contributed by atoms with Crippen molar-refractivity contribution < 1.29 is 0 Å². The van der Waals surface area contributed by atoms with Crippen molar-refractivity contribution in [3.8, 4) is 27.9 Å². The second-order valence-electron chi connectivity index (χ2n) is 13.5. The largest absolute Gasteiger partial charge is 0.324 e. The fourth-order valence-corrected chi connectivity index (χ4v) is 7.56. The smallest absolute Gasteiger partial charge is 0.169 e. The topological polar surface area (TPSA) is 41.7 Å². The molecular weight excluding hydrogens is 645 g/mol. The molecule has 10 rings (SSSR count). The van der Waals surface area contributed by atoms with E-state index < -0.39 is 0 Å². The Morgan fingerprint density at radius 2 is 0.962 bits per heavy atom. The Morgan fingerprint density at radius 3 is 1.77 bits per heavy atom. The first-order valence-electron chi connectivity index (χ1n) is 18.0. The molecule has 1 unspecified atom stereocenters. The summed E-state index contributed by atoms with van der Waals surface area (Å²) in [7, 11) is 0. The zero-order valence-electron chi connectivity index (χ0n) is 28.9. The molecule has 0 saturated heterocycles. The molecule has 1 N–H and O–H groups in total. The highest BCUT2D eigenvalue weighted by atomic mass is 15.2. The summed E-state index contributed by atoms with van der Waals surface area (Å²) in [4.78, 5) is 10.3. The molecule has 0 spiro atoms. The molecule has 8 aromatic carbocycles. The van der Waals surface area contributed by atoms with Gasteiger partial charge in [0.2, 0.25) is 0 Å². The molecule has 0 aliphatic carbocycles. The quantitative estimate of drug-likeness (QED) is 0.187. The second kappa shape index (κ2) is 12.9. The Morgan fingerprint density at radius 1 is 0.377 bits per heavy atom. The third kappa shape index (κ3) is 5.67. The Hall–Kier alpha value is -7.04. The first kappa shape index (κ1) is 30.8. The van der Waals surface area contributed by atoms with E-state index in [2.05, 4.69) is 186 Å². The lowest BCUT2D eigenvalue weighted by Crippen LogP contribution is -2.36. The van der Waals surface area contributed by atoms with Crippen molar-refractivity contribution in [2.24, 2.45) is 9.98 Å². The van der Waals surface area contributed by atoms with E-state index in [0.29, 0.717) is 0 Å². The molecule has 0 saturated carbocycles. The van der Waals surface area contributed by atoms with E-state index in [1.807, 2.05) is 18.2 Å². The number of para-hydroxylation sites is 1. The van der Waals surface area contributed by atoms with Gasteiger partial charge in [0.25, 0.3) is 0 Å². The highest BCUT2D eigenvalue weighted by Gasteiger charge is 2.21. The van der Waals surface area contributed by atoms with E-state index in [-0.39, 0.29) is 6.17 Å². The summed E-state index contributed by atoms with van der Waals surface area (Å²) in [5.74, 6) is 1.63. The summed E-state index contributed by atoms with van der Waals surface area (Å²) in [6.07, 6.45) is -0.385. The highest BCUT2D eigenvalue weighted by molar-refractivity contribution is 6.16. The first-order chi connectivity index (χ1) is 26.2. The Balaban J connectivity index is 1.03. The number of nitrogens with one attached hydrogen (secondary N) is 1. The van der Waals surface area contributed by atoms with Gasteiger partial charge in [-0.15, -0.1) is 0 Å². The minimum Gasteiger partial charge on any atom is -0.324 e. The van der Waals surface area contributed by atoms with Crippen LogP contribution in [0.1, 0.15) is 22.9 Å². The lowest BCUT2D eigenvalue weighted by atomic mass is 10.0. The summed E-state index contributed by atoms with van der Waals surface area (Å²) >= 11 is 0. The van der Waals surface area contributed by atoms with Gasteiger partial charge in [-0.3, -0.25) is 0 Å². The van der Waals surface area contributed by atoms with E-state index >= 15 is 0 Å². The molecule has 1 aliphatic rings. The van der Waals surface area contributed by atoms with Crippen LogP contribution in [0.5, 0.6) is 0 Å². The number of hydrogen-bond acceptors (Lipinski definition) is 3. The van der Waals surface area contributed by atoms with Crippen molar-refractivity contribution in [1.82, 2.24) is 9.88 Å². The van der Waals surface area contributed by atoms with Crippen LogP contribution in [0.3, 0.4) is 0 Å². The fourth-order valence-electron chi connectivity index (χ4n) is 7.56. The molecule has 0 fully saturated rings. The summed E-state index contributed by atoms with van der Waals surface area (Å²) in [5, 5.41) is 8.42. The monoisotopic (exact) mass is 678 g/mol. The third-order valence-electron chi connectivity index (χ3n) is 10.2. The fraction of sp³-hybridized carbons (Fsp3) is 0.0204. The van der Waals surface area contributed by atoms with Gasteiger partial charge < -0.3 is 9.88 Å². The van der Waals surface area contributed by atoms with Gasteiger partial charge in [0.15, 0.2) is 6.17 Å². The summed E-state index contributed by atoms with van der Waals surface area (Å²) in [6.45, 7) is 0. The Bertz CT molecular complexity index is 2850. The van der Waals surface area contributed by atoms with Crippen molar-refractivity contribution in [3.63, 3.8) is 0 Å².